The highest BCUT2D eigenvalue weighted by molar-refractivity contribution is 5.96. The topological polar surface area (TPSA) is 58.6 Å². The average molecular weight is 276 g/mol. The Morgan fingerprint density at radius 3 is 2.65 bits per heavy atom. The fraction of sp³-hybridized carbons (Fsp3) is 0.467. The van der Waals surface area contributed by atoms with Crippen molar-refractivity contribution >= 4 is 17.6 Å². The lowest BCUT2D eigenvalue weighted by Gasteiger charge is -2.15. The van der Waals surface area contributed by atoms with Crippen LogP contribution >= 0.6 is 0 Å². The minimum Gasteiger partial charge on any atom is -0.465 e. The van der Waals surface area contributed by atoms with E-state index in [-0.39, 0.29) is 5.91 Å². The number of hydrogen-bond acceptors (Lipinski definition) is 4. The molecule has 1 N–H and O–H groups in total. The fourth-order valence-corrected chi connectivity index (χ4v) is 2.34. The Morgan fingerprint density at radius 2 is 2.00 bits per heavy atom. The van der Waals surface area contributed by atoms with Crippen LogP contribution in [0.15, 0.2) is 18.2 Å². The Hall–Kier alpha value is -1.88. The van der Waals surface area contributed by atoms with Crippen molar-refractivity contribution in [3.05, 3.63) is 29.3 Å². The number of aryl methyl sites for hydroxylation is 1. The monoisotopic (exact) mass is 276 g/mol. The van der Waals surface area contributed by atoms with E-state index < -0.39 is 5.97 Å². The molecule has 0 bridgehead atoms. The molecule has 0 aliphatic carbocycles. The predicted molar refractivity (Wildman–Crippen MR) is 76.8 cm³/mol. The number of esters is 1. The first kappa shape index (κ1) is 14.5. The maximum atomic E-state index is 12.0. The molecule has 2 rings (SSSR count). The second-order valence-electron chi connectivity index (χ2n) is 5.05. The summed E-state index contributed by atoms with van der Waals surface area (Å²) in [5.74, 6) is -0.447. The van der Waals surface area contributed by atoms with Crippen molar-refractivity contribution in [2.45, 2.75) is 19.8 Å². The molecule has 0 saturated carbocycles. The van der Waals surface area contributed by atoms with E-state index in [4.69, 9.17) is 0 Å². The number of nitrogens with zero attached hydrogens (tertiary/aromatic N) is 1. The van der Waals surface area contributed by atoms with Crippen molar-refractivity contribution in [1.82, 2.24) is 4.90 Å². The smallest absolute Gasteiger partial charge is 0.337 e. The number of ether oxygens (including phenoxy) is 1. The van der Waals surface area contributed by atoms with E-state index in [0.29, 0.717) is 17.8 Å². The molecule has 0 radical (unpaired) electrons. The van der Waals surface area contributed by atoms with E-state index in [1.807, 2.05) is 6.92 Å². The maximum absolute atomic E-state index is 12.0. The second kappa shape index (κ2) is 6.52. The van der Waals surface area contributed by atoms with Crippen molar-refractivity contribution in [2.75, 3.05) is 32.1 Å². The Kier molecular flexibility index (Phi) is 4.74. The molecule has 1 aromatic rings. The molecule has 0 spiro atoms. The van der Waals surface area contributed by atoms with Gasteiger partial charge in [-0.2, -0.15) is 0 Å². The number of amides is 1. The number of benzene rings is 1. The number of hydrogen-bond donors (Lipinski definition) is 1. The number of methoxy groups -OCH3 is 1. The van der Waals surface area contributed by atoms with Gasteiger partial charge in [0.05, 0.1) is 19.2 Å². The molecule has 5 heteroatoms. The van der Waals surface area contributed by atoms with E-state index in [2.05, 4.69) is 15.0 Å². The van der Waals surface area contributed by atoms with Crippen LogP contribution in [0.3, 0.4) is 0 Å². The van der Waals surface area contributed by atoms with Crippen LogP contribution in [-0.2, 0) is 9.53 Å². The summed E-state index contributed by atoms with van der Waals surface area (Å²) in [5.41, 5.74) is 2.03. The van der Waals surface area contributed by atoms with Crippen LogP contribution in [0.2, 0.25) is 0 Å². The molecule has 1 aliphatic rings. The summed E-state index contributed by atoms with van der Waals surface area (Å²) in [4.78, 5) is 25.6. The minimum absolute atomic E-state index is 0.0444. The van der Waals surface area contributed by atoms with Gasteiger partial charge in [0.2, 0.25) is 5.91 Å². The quantitative estimate of drug-likeness (QED) is 0.852. The summed E-state index contributed by atoms with van der Waals surface area (Å²) in [6.07, 6.45) is 2.31. The van der Waals surface area contributed by atoms with Gasteiger partial charge in [0.25, 0.3) is 0 Å². The highest BCUT2D eigenvalue weighted by Gasteiger charge is 2.16. The van der Waals surface area contributed by atoms with Crippen LogP contribution in [0, 0.1) is 6.92 Å². The minimum atomic E-state index is -0.403. The fourth-order valence-electron chi connectivity index (χ4n) is 2.34. The van der Waals surface area contributed by atoms with Crippen LogP contribution in [0.4, 0.5) is 5.69 Å². The maximum Gasteiger partial charge on any atom is 0.337 e. The van der Waals surface area contributed by atoms with Crippen LogP contribution in [0.1, 0.15) is 28.8 Å². The molecular weight excluding hydrogens is 256 g/mol. The van der Waals surface area contributed by atoms with E-state index in [0.717, 1.165) is 31.5 Å². The lowest BCUT2D eigenvalue weighted by atomic mass is 10.1. The summed E-state index contributed by atoms with van der Waals surface area (Å²) in [7, 11) is 1.34. The van der Waals surface area contributed by atoms with Crippen molar-refractivity contribution < 1.29 is 14.3 Å². The molecule has 1 aromatic carbocycles. The molecule has 20 heavy (non-hydrogen) atoms. The molecule has 0 aromatic heterocycles. The Labute approximate surface area is 118 Å². The van der Waals surface area contributed by atoms with Crippen LogP contribution in [0.25, 0.3) is 0 Å². The van der Waals surface area contributed by atoms with Gasteiger partial charge in [-0.15, -0.1) is 0 Å². The van der Waals surface area contributed by atoms with Gasteiger partial charge < -0.3 is 10.1 Å². The van der Waals surface area contributed by atoms with Gasteiger partial charge in [0.15, 0.2) is 0 Å². The Balaban J connectivity index is 2.03. The standard InChI is InChI=1S/C15H20N2O3/c1-11-5-6-12(15(19)20-2)9-13(11)16-14(18)10-17-7-3-4-8-17/h5-6,9H,3-4,7-8,10H2,1-2H3,(H,16,18). The number of rotatable bonds is 4. The molecule has 1 aliphatic heterocycles. The normalized spacial score (nSPS) is 15.1. The van der Waals surface area contributed by atoms with Gasteiger partial charge in [-0.1, -0.05) is 6.07 Å². The zero-order chi connectivity index (χ0) is 14.5. The summed E-state index contributed by atoms with van der Waals surface area (Å²) in [6.45, 7) is 4.26. The van der Waals surface area contributed by atoms with Crippen molar-refractivity contribution in [3.63, 3.8) is 0 Å². The SMILES string of the molecule is COC(=O)c1ccc(C)c(NC(=O)CN2CCCC2)c1. The summed E-state index contributed by atoms with van der Waals surface area (Å²) in [5, 5.41) is 2.87. The van der Waals surface area contributed by atoms with Crippen molar-refractivity contribution in [3.8, 4) is 0 Å². The number of carbonyl (C=O) groups is 2. The summed E-state index contributed by atoms with van der Waals surface area (Å²) in [6, 6.07) is 5.15. The first-order chi connectivity index (χ1) is 9.60. The third kappa shape index (κ3) is 3.57. The second-order valence-corrected chi connectivity index (χ2v) is 5.05. The predicted octanol–water partition coefficient (Wildman–Crippen LogP) is 1.82. The van der Waals surface area contributed by atoms with Gasteiger partial charge in [0, 0.05) is 5.69 Å². The molecular formula is C15H20N2O3. The zero-order valence-corrected chi connectivity index (χ0v) is 11.9. The van der Waals surface area contributed by atoms with E-state index >= 15 is 0 Å². The largest absolute Gasteiger partial charge is 0.465 e. The van der Waals surface area contributed by atoms with Crippen LogP contribution in [-0.4, -0.2) is 43.5 Å². The number of anilines is 1. The lowest BCUT2D eigenvalue weighted by Crippen LogP contribution is -2.31. The number of nitrogens with one attached hydrogen (secondary N) is 1. The molecule has 108 valence electrons. The Morgan fingerprint density at radius 1 is 1.30 bits per heavy atom. The van der Waals surface area contributed by atoms with Gasteiger partial charge in [-0.3, -0.25) is 9.69 Å². The highest BCUT2D eigenvalue weighted by Crippen LogP contribution is 2.18. The lowest BCUT2D eigenvalue weighted by molar-refractivity contribution is -0.117. The first-order valence-corrected chi connectivity index (χ1v) is 6.81. The highest BCUT2D eigenvalue weighted by atomic mass is 16.5. The van der Waals surface area contributed by atoms with Crippen molar-refractivity contribution in [2.24, 2.45) is 0 Å². The van der Waals surface area contributed by atoms with E-state index in [1.165, 1.54) is 7.11 Å². The van der Waals surface area contributed by atoms with Gasteiger partial charge in [-0.05, 0) is 50.6 Å². The third-order valence-corrected chi connectivity index (χ3v) is 3.50. The molecule has 0 atom stereocenters. The first-order valence-electron chi connectivity index (χ1n) is 6.81. The van der Waals surface area contributed by atoms with E-state index in [1.54, 1.807) is 18.2 Å². The van der Waals surface area contributed by atoms with Crippen molar-refractivity contribution in [1.29, 1.82) is 0 Å². The van der Waals surface area contributed by atoms with Gasteiger partial charge in [-0.25, -0.2) is 4.79 Å². The molecule has 1 heterocycles. The Bertz CT molecular complexity index is 508. The zero-order valence-electron chi connectivity index (χ0n) is 11.9. The molecule has 1 fully saturated rings. The van der Waals surface area contributed by atoms with Gasteiger partial charge >= 0.3 is 5.97 Å². The summed E-state index contributed by atoms with van der Waals surface area (Å²) < 4.78 is 4.68. The third-order valence-electron chi connectivity index (χ3n) is 3.50. The van der Waals surface area contributed by atoms with E-state index in [9.17, 15) is 9.59 Å². The molecule has 1 amide bonds. The van der Waals surface area contributed by atoms with Crippen LogP contribution in [0.5, 0.6) is 0 Å². The molecule has 0 unspecified atom stereocenters. The molecule has 1 saturated heterocycles. The van der Waals surface area contributed by atoms with Gasteiger partial charge in [0.1, 0.15) is 0 Å². The molecule has 5 nitrogen and oxygen atoms in total. The van der Waals surface area contributed by atoms with Crippen LogP contribution < -0.4 is 5.32 Å². The number of likely N-dealkylation sites (tertiary alicyclic amines) is 1. The number of carbonyl (C=O) groups excluding carboxylic acids is 2. The average Bonchev–Trinajstić information content (AvgIpc) is 2.93. The summed E-state index contributed by atoms with van der Waals surface area (Å²) >= 11 is 0.